The van der Waals surface area contributed by atoms with Gasteiger partial charge in [0.05, 0.1) is 14.2 Å². The second-order valence-corrected chi connectivity index (χ2v) is 6.15. The zero-order chi connectivity index (χ0) is 16.9. The highest BCUT2D eigenvalue weighted by atomic mass is 32.2. The number of hydrogen-bond acceptors (Lipinski definition) is 5. The third-order valence-electron chi connectivity index (χ3n) is 3.69. The van der Waals surface area contributed by atoms with Crippen LogP contribution in [0.4, 0.5) is 0 Å². The lowest BCUT2D eigenvalue weighted by Gasteiger charge is -2.09. The average molecular weight is 341 g/mol. The number of methoxy groups -OCH3 is 2. The van der Waals surface area contributed by atoms with Crippen LogP contribution in [0.2, 0.25) is 0 Å². The van der Waals surface area contributed by atoms with Crippen LogP contribution in [0.25, 0.3) is 11.4 Å². The molecule has 0 N–H and O–H groups in total. The van der Waals surface area contributed by atoms with E-state index in [0.717, 1.165) is 22.3 Å². The topological polar surface area (TPSA) is 49.2 Å². The molecule has 0 radical (unpaired) electrons. The van der Waals surface area contributed by atoms with Gasteiger partial charge in [-0.1, -0.05) is 42.1 Å². The van der Waals surface area contributed by atoms with Crippen molar-refractivity contribution in [3.63, 3.8) is 0 Å². The van der Waals surface area contributed by atoms with Crippen molar-refractivity contribution in [2.45, 2.75) is 10.9 Å². The highest BCUT2D eigenvalue weighted by molar-refractivity contribution is 7.98. The highest BCUT2D eigenvalue weighted by Gasteiger charge is 2.14. The van der Waals surface area contributed by atoms with Gasteiger partial charge in [0.15, 0.2) is 22.5 Å². The maximum absolute atomic E-state index is 5.36. The van der Waals surface area contributed by atoms with Crippen LogP contribution in [0.1, 0.15) is 5.56 Å². The first kappa shape index (κ1) is 16.4. The average Bonchev–Trinajstić information content (AvgIpc) is 3.00. The molecule has 5 nitrogen and oxygen atoms in total. The van der Waals surface area contributed by atoms with E-state index < -0.39 is 0 Å². The maximum Gasteiger partial charge on any atom is 0.191 e. The third-order valence-corrected chi connectivity index (χ3v) is 4.78. The zero-order valence-electron chi connectivity index (χ0n) is 13.9. The van der Waals surface area contributed by atoms with Gasteiger partial charge >= 0.3 is 0 Å². The SMILES string of the molecule is COc1ccc(-c2nnc(SCc3ccccc3)n2C)cc1OC. The Morgan fingerprint density at radius 2 is 1.71 bits per heavy atom. The Morgan fingerprint density at radius 1 is 0.958 bits per heavy atom. The molecular formula is C18H19N3O2S. The number of benzene rings is 2. The van der Waals surface area contributed by atoms with Gasteiger partial charge in [0.1, 0.15) is 0 Å². The first-order chi connectivity index (χ1) is 11.7. The van der Waals surface area contributed by atoms with Crippen molar-refractivity contribution >= 4 is 11.8 Å². The van der Waals surface area contributed by atoms with Gasteiger partial charge in [-0.2, -0.15) is 0 Å². The summed E-state index contributed by atoms with van der Waals surface area (Å²) in [5.74, 6) is 3.03. The van der Waals surface area contributed by atoms with Crippen molar-refractivity contribution < 1.29 is 9.47 Å². The van der Waals surface area contributed by atoms with Crippen molar-refractivity contribution in [2.24, 2.45) is 7.05 Å². The molecule has 2 aromatic carbocycles. The summed E-state index contributed by atoms with van der Waals surface area (Å²) in [6.45, 7) is 0. The van der Waals surface area contributed by atoms with Crippen LogP contribution >= 0.6 is 11.8 Å². The summed E-state index contributed by atoms with van der Waals surface area (Å²) < 4.78 is 12.6. The van der Waals surface area contributed by atoms with E-state index in [-0.39, 0.29) is 0 Å². The van der Waals surface area contributed by atoms with Gasteiger partial charge in [-0.25, -0.2) is 0 Å². The fourth-order valence-corrected chi connectivity index (χ4v) is 3.26. The third kappa shape index (κ3) is 3.38. The minimum atomic E-state index is 0.677. The van der Waals surface area contributed by atoms with Gasteiger partial charge < -0.3 is 14.0 Å². The van der Waals surface area contributed by atoms with Crippen molar-refractivity contribution in [1.29, 1.82) is 0 Å². The van der Waals surface area contributed by atoms with Crippen molar-refractivity contribution in [1.82, 2.24) is 14.8 Å². The summed E-state index contributed by atoms with van der Waals surface area (Å²) in [7, 11) is 5.22. The molecule has 0 aliphatic rings. The Morgan fingerprint density at radius 3 is 2.42 bits per heavy atom. The van der Waals surface area contributed by atoms with E-state index >= 15 is 0 Å². The molecule has 0 spiro atoms. The molecule has 124 valence electrons. The first-order valence-corrected chi connectivity index (χ1v) is 8.50. The fraction of sp³-hybridized carbons (Fsp3) is 0.222. The number of thioether (sulfide) groups is 1. The van der Waals surface area contributed by atoms with E-state index in [4.69, 9.17) is 9.47 Å². The second kappa shape index (κ2) is 7.40. The second-order valence-electron chi connectivity index (χ2n) is 5.21. The predicted molar refractivity (Wildman–Crippen MR) is 95.5 cm³/mol. The van der Waals surface area contributed by atoms with E-state index in [1.807, 2.05) is 48.0 Å². The van der Waals surface area contributed by atoms with Gasteiger partial charge in [0, 0.05) is 18.4 Å². The number of ether oxygens (including phenoxy) is 2. The quantitative estimate of drug-likeness (QED) is 0.639. The molecule has 0 aliphatic carbocycles. The number of nitrogens with zero attached hydrogens (tertiary/aromatic N) is 3. The van der Waals surface area contributed by atoms with E-state index in [0.29, 0.717) is 11.5 Å². The lowest BCUT2D eigenvalue weighted by atomic mass is 10.2. The summed E-state index contributed by atoms with van der Waals surface area (Å²) in [5, 5.41) is 9.51. The molecule has 0 saturated heterocycles. The van der Waals surface area contributed by atoms with Crippen LogP contribution in [-0.4, -0.2) is 29.0 Å². The van der Waals surface area contributed by atoms with Gasteiger partial charge in [0.25, 0.3) is 0 Å². The summed E-state index contributed by atoms with van der Waals surface area (Å²) in [4.78, 5) is 0. The van der Waals surface area contributed by atoms with Gasteiger partial charge in [-0.05, 0) is 23.8 Å². The Bertz CT molecular complexity index is 818. The molecule has 3 aromatic rings. The van der Waals surface area contributed by atoms with Gasteiger partial charge in [-0.15, -0.1) is 10.2 Å². The Hall–Kier alpha value is -2.47. The van der Waals surface area contributed by atoms with Gasteiger partial charge in [0.2, 0.25) is 0 Å². The fourth-order valence-electron chi connectivity index (χ4n) is 2.39. The summed E-state index contributed by atoms with van der Waals surface area (Å²) in [5.41, 5.74) is 2.20. The number of rotatable bonds is 6. The lowest BCUT2D eigenvalue weighted by Crippen LogP contribution is -1.96. The largest absolute Gasteiger partial charge is 0.493 e. The van der Waals surface area contributed by atoms with E-state index in [1.165, 1.54) is 5.56 Å². The van der Waals surface area contributed by atoms with Crippen LogP contribution < -0.4 is 9.47 Å². The Labute approximate surface area is 145 Å². The molecule has 3 rings (SSSR count). The number of aromatic nitrogens is 3. The van der Waals surface area contributed by atoms with Crippen molar-refractivity contribution in [3.8, 4) is 22.9 Å². The van der Waals surface area contributed by atoms with Crippen LogP contribution in [0.5, 0.6) is 11.5 Å². The molecule has 0 bridgehead atoms. The molecule has 0 amide bonds. The molecule has 1 heterocycles. The summed E-state index contributed by atoms with van der Waals surface area (Å²) in [6, 6.07) is 16.1. The van der Waals surface area contributed by atoms with Crippen LogP contribution in [-0.2, 0) is 12.8 Å². The Balaban J connectivity index is 1.82. The molecule has 1 aromatic heterocycles. The predicted octanol–water partition coefficient (Wildman–Crippen LogP) is 3.79. The standard InChI is InChI=1S/C18H19N3O2S/c1-21-17(14-9-10-15(22-2)16(11-14)23-3)19-20-18(21)24-12-13-7-5-4-6-8-13/h4-11H,12H2,1-3H3. The van der Waals surface area contributed by atoms with E-state index in [9.17, 15) is 0 Å². The normalized spacial score (nSPS) is 10.6. The molecule has 0 fully saturated rings. The molecule has 0 unspecified atom stereocenters. The van der Waals surface area contributed by atoms with Crippen molar-refractivity contribution in [3.05, 3.63) is 54.1 Å². The molecule has 0 aliphatic heterocycles. The van der Waals surface area contributed by atoms with Crippen molar-refractivity contribution in [2.75, 3.05) is 14.2 Å². The lowest BCUT2D eigenvalue weighted by molar-refractivity contribution is 0.355. The van der Waals surface area contributed by atoms with E-state index in [1.54, 1.807) is 26.0 Å². The molecule has 0 saturated carbocycles. The minimum Gasteiger partial charge on any atom is -0.493 e. The smallest absolute Gasteiger partial charge is 0.191 e. The van der Waals surface area contributed by atoms with Gasteiger partial charge in [-0.3, -0.25) is 0 Å². The minimum absolute atomic E-state index is 0.677. The van der Waals surface area contributed by atoms with E-state index in [2.05, 4.69) is 22.3 Å². The number of hydrogen-bond donors (Lipinski definition) is 0. The molecule has 0 atom stereocenters. The summed E-state index contributed by atoms with van der Waals surface area (Å²) in [6.07, 6.45) is 0. The van der Waals surface area contributed by atoms with Crippen LogP contribution in [0, 0.1) is 0 Å². The molecule has 24 heavy (non-hydrogen) atoms. The molecular weight excluding hydrogens is 322 g/mol. The first-order valence-electron chi connectivity index (χ1n) is 7.51. The molecule has 6 heteroatoms. The maximum atomic E-state index is 5.36. The zero-order valence-corrected chi connectivity index (χ0v) is 14.7. The highest BCUT2D eigenvalue weighted by Crippen LogP contribution is 2.32. The Kier molecular flexibility index (Phi) is 5.05. The van der Waals surface area contributed by atoms with Crippen LogP contribution in [0.3, 0.4) is 0 Å². The summed E-state index contributed by atoms with van der Waals surface area (Å²) >= 11 is 1.67. The monoisotopic (exact) mass is 341 g/mol. The van der Waals surface area contributed by atoms with Crippen LogP contribution in [0.15, 0.2) is 53.7 Å².